The van der Waals surface area contributed by atoms with Crippen LogP contribution in [0.15, 0.2) is 48.5 Å². The summed E-state index contributed by atoms with van der Waals surface area (Å²) in [6, 6.07) is 15.9. The Morgan fingerprint density at radius 2 is 1.92 bits per heavy atom. The summed E-state index contributed by atoms with van der Waals surface area (Å²) in [6.45, 7) is 2.44. The molecule has 3 aromatic rings. The van der Waals surface area contributed by atoms with Gasteiger partial charge in [-0.15, -0.1) is 0 Å². The zero-order valence-corrected chi connectivity index (χ0v) is 13.8. The Hall–Kier alpha value is -2.55. The highest BCUT2D eigenvalue weighted by Gasteiger charge is 2.32. The van der Waals surface area contributed by atoms with E-state index in [4.69, 9.17) is 0 Å². The lowest BCUT2D eigenvalue weighted by Gasteiger charge is -2.12. The first-order valence-corrected chi connectivity index (χ1v) is 8.51. The number of carbonyl (C=O) groups is 1. The van der Waals surface area contributed by atoms with Crippen LogP contribution in [0.3, 0.4) is 0 Å². The highest BCUT2D eigenvalue weighted by Crippen LogP contribution is 2.45. The second-order valence-electron chi connectivity index (χ2n) is 6.79. The van der Waals surface area contributed by atoms with Gasteiger partial charge in [0.2, 0.25) is 0 Å². The van der Waals surface area contributed by atoms with Crippen molar-refractivity contribution in [3.8, 4) is 5.75 Å². The van der Waals surface area contributed by atoms with Gasteiger partial charge in [0.25, 0.3) is 0 Å². The molecule has 2 aromatic carbocycles. The van der Waals surface area contributed by atoms with Crippen molar-refractivity contribution in [2.45, 2.75) is 38.6 Å². The van der Waals surface area contributed by atoms with Crippen LogP contribution in [-0.4, -0.2) is 15.5 Å². The first-order valence-electron chi connectivity index (χ1n) is 8.51. The van der Waals surface area contributed by atoms with Crippen LogP contribution in [0.4, 0.5) is 0 Å². The van der Waals surface area contributed by atoms with Gasteiger partial charge >= 0.3 is 0 Å². The van der Waals surface area contributed by atoms with Crippen molar-refractivity contribution in [3.05, 3.63) is 65.4 Å². The molecular formula is C21H21NO2. The molecule has 24 heavy (non-hydrogen) atoms. The van der Waals surface area contributed by atoms with E-state index >= 15 is 0 Å². The van der Waals surface area contributed by atoms with E-state index in [1.165, 1.54) is 24.1 Å². The van der Waals surface area contributed by atoms with Gasteiger partial charge in [0, 0.05) is 29.6 Å². The number of nitrogens with zero attached hydrogens (tertiary/aromatic N) is 1. The van der Waals surface area contributed by atoms with E-state index in [9.17, 15) is 9.90 Å². The molecule has 122 valence electrons. The molecule has 1 saturated carbocycles. The molecule has 1 N–H and O–H groups in total. The van der Waals surface area contributed by atoms with Crippen LogP contribution >= 0.6 is 0 Å². The molecule has 0 unspecified atom stereocenters. The summed E-state index contributed by atoms with van der Waals surface area (Å²) < 4.78 is 2.35. The van der Waals surface area contributed by atoms with Gasteiger partial charge in [-0.05, 0) is 55.0 Å². The standard InChI is InChI=1S/C21H21NO2/c1-14(23)11-19-18-12-17(24)9-10-20(18)22(21(19)16-7-8-16)13-15-5-3-2-4-6-15/h2-6,9-10,12,16,24H,7-8,11,13H2,1H3. The zero-order chi connectivity index (χ0) is 16.7. The second-order valence-corrected chi connectivity index (χ2v) is 6.79. The third-order valence-corrected chi connectivity index (χ3v) is 4.77. The molecule has 1 fully saturated rings. The molecular weight excluding hydrogens is 298 g/mol. The first-order chi connectivity index (χ1) is 11.6. The van der Waals surface area contributed by atoms with E-state index in [1.54, 1.807) is 19.1 Å². The summed E-state index contributed by atoms with van der Waals surface area (Å²) in [5.74, 6) is 0.961. The fraction of sp³-hybridized carbons (Fsp3) is 0.286. The number of phenols is 1. The number of hydrogen-bond acceptors (Lipinski definition) is 2. The lowest BCUT2D eigenvalue weighted by atomic mass is 10.0. The highest BCUT2D eigenvalue weighted by molar-refractivity contribution is 5.92. The zero-order valence-electron chi connectivity index (χ0n) is 13.8. The Bertz CT molecular complexity index is 904. The Morgan fingerprint density at radius 3 is 2.58 bits per heavy atom. The maximum Gasteiger partial charge on any atom is 0.134 e. The van der Waals surface area contributed by atoms with Crippen LogP contribution in [0, 0.1) is 0 Å². The Kier molecular flexibility index (Phi) is 3.64. The molecule has 0 aliphatic heterocycles. The van der Waals surface area contributed by atoms with Gasteiger partial charge in [0.15, 0.2) is 0 Å². The number of fused-ring (bicyclic) bond motifs is 1. The van der Waals surface area contributed by atoms with Crippen molar-refractivity contribution in [3.63, 3.8) is 0 Å². The highest BCUT2D eigenvalue weighted by atomic mass is 16.3. The normalized spacial score (nSPS) is 14.2. The minimum absolute atomic E-state index is 0.166. The first kappa shape index (κ1) is 15.0. The van der Waals surface area contributed by atoms with Gasteiger partial charge in [-0.25, -0.2) is 0 Å². The van der Waals surface area contributed by atoms with Crippen LogP contribution < -0.4 is 0 Å². The maximum atomic E-state index is 11.8. The molecule has 4 rings (SSSR count). The number of aromatic hydroxyl groups is 1. The number of hydrogen-bond donors (Lipinski definition) is 1. The van der Waals surface area contributed by atoms with E-state index in [2.05, 4.69) is 28.8 Å². The predicted octanol–water partition coefficient (Wildman–Crippen LogP) is 4.40. The molecule has 0 saturated heterocycles. The van der Waals surface area contributed by atoms with Crippen molar-refractivity contribution in [2.24, 2.45) is 0 Å². The number of rotatable bonds is 5. The Balaban J connectivity index is 1.93. The average molecular weight is 319 g/mol. The van der Waals surface area contributed by atoms with Gasteiger partial charge < -0.3 is 9.67 Å². The minimum atomic E-state index is 0.166. The van der Waals surface area contributed by atoms with E-state index < -0.39 is 0 Å². The molecule has 0 atom stereocenters. The van der Waals surface area contributed by atoms with Crippen molar-refractivity contribution < 1.29 is 9.90 Å². The number of aromatic nitrogens is 1. The third kappa shape index (κ3) is 2.71. The van der Waals surface area contributed by atoms with Crippen LogP contribution in [0.2, 0.25) is 0 Å². The fourth-order valence-electron chi connectivity index (χ4n) is 3.63. The van der Waals surface area contributed by atoms with E-state index in [1.807, 2.05) is 12.1 Å². The minimum Gasteiger partial charge on any atom is -0.508 e. The van der Waals surface area contributed by atoms with E-state index in [-0.39, 0.29) is 11.5 Å². The largest absolute Gasteiger partial charge is 0.508 e. The summed E-state index contributed by atoms with van der Waals surface area (Å²) in [6.07, 6.45) is 2.80. The monoisotopic (exact) mass is 319 g/mol. The lowest BCUT2D eigenvalue weighted by Crippen LogP contribution is -2.06. The molecule has 0 radical (unpaired) electrons. The molecule has 1 aliphatic rings. The van der Waals surface area contributed by atoms with Gasteiger partial charge in [-0.2, -0.15) is 0 Å². The summed E-state index contributed by atoms with van der Waals surface area (Å²) >= 11 is 0. The third-order valence-electron chi connectivity index (χ3n) is 4.77. The SMILES string of the molecule is CC(=O)Cc1c(C2CC2)n(Cc2ccccc2)c2ccc(O)cc12. The summed E-state index contributed by atoms with van der Waals surface area (Å²) in [4.78, 5) is 11.8. The number of benzene rings is 2. The number of Topliss-reactive ketones (excluding diaryl/α,β-unsaturated/α-hetero) is 1. The Labute approximate surface area is 141 Å². The van der Waals surface area contributed by atoms with E-state index in [0.717, 1.165) is 23.0 Å². The number of carbonyl (C=O) groups excluding carboxylic acids is 1. The molecule has 0 bridgehead atoms. The fourth-order valence-corrected chi connectivity index (χ4v) is 3.63. The Morgan fingerprint density at radius 1 is 1.17 bits per heavy atom. The van der Waals surface area contributed by atoms with Gasteiger partial charge in [-0.1, -0.05) is 30.3 Å². The van der Waals surface area contributed by atoms with Gasteiger partial charge in [0.05, 0.1) is 0 Å². The molecule has 1 aromatic heterocycles. The summed E-state index contributed by atoms with van der Waals surface area (Å²) in [5.41, 5.74) is 4.75. The van der Waals surface area contributed by atoms with Crippen LogP contribution in [0.25, 0.3) is 10.9 Å². The van der Waals surface area contributed by atoms with Crippen LogP contribution in [-0.2, 0) is 17.8 Å². The molecule has 0 spiro atoms. The predicted molar refractivity (Wildman–Crippen MR) is 95.5 cm³/mol. The molecule has 0 amide bonds. The molecule has 3 heteroatoms. The van der Waals surface area contributed by atoms with Crippen LogP contribution in [0.1, 0.15) is 42.5 Å². The quantitative estimate of drug-likeness (QED) is 0.757. The summed E-state index contributed by atoms with van der Waals surface area (Å²) in [5, 5.41) is 11.0. The average Bonchev–Trinajstić information content (AvgIpc) is 3.35. The number of ketones is 1. The topological polar surface area (TPSA) is 42.2 Å². The van der Waals surface area contributed by atoms with E-state index in [0.29, 0.717) is 12.3 Å². The molecule has 3 nitrogen and oxygen atoms in total. The summed E-state index contributed by atoms with van der Waals surface area (Å²) in [7, 11) is 0. The maximum absolute atomic E-state index is 11.8. The molecule has 1 heterocycles. The van der Waals surface area contributed by atoms with Gasteiger partial charge in [-0.3, -0.25) is 4.79 Å². The van der Waals surface area contributed by atoms with Crippen molar-refractivity contribution in [1.29, 1.82) is 0 Å². The molecule has 1 aliphatic carbocycles. The number of phenolic OH excluding ortho intramolecular Hbond substituents is 1. The van der Waals surface area contributed by atoms with Crippen molar-refractivity contribution in [1.82, 2.24) is 4.57 Å². The van der Waals surface area contributed by atoms with Gasteiger partial charge in [0.1, 0.15) is 11.5 Å². The van der Waals surface area contributed by atoms with Crippen LogP contribution in [0.5, 0.6) is 5.75 Å². The van der Waals surface area contributed by atoms with Crippen molar-refractivity contribution in [2.75, 3.05) is 0 Å². The second kappa shape index (κ2) is 5.82. The van der Waals surface area contributed by atoms with Crippen molar-refractivity contribution >= 4 is 16.7 Å². The smallest absolute Gasteiger partial charge is 0.134 e. The lowest BCUT2D eigenvalue weighted by molar-refractivity contribution is -0.116.